The number of aryl methyl sites for hydroxylation is 3. The van der Waals surface area contributed by atoms with Crippen molar-refractivity contribution in [2.75, 3.05) is 0 Å². The topological polar surface area (TPSA) is 113 Å². The lowest BCUT2D eigenvalue weighted by Crippen LogP contribution is -2.04. The zero-order valence-corrected chi connectivity index (χ0v) is 61.0. The van der Waals surface area contributed by atoms with Crippen molar-refractivity contribution in [2.24, 2.45) is 21.1 Å². The van der Waals surface area contributed by atoms with Crippen LogP contribution in [0.4, 0.5) is 0 Å². The Hall–Kier alpha value is -15.2. The molecule has 10 aromatic heterocycles. The first-order valence-corrected chi connectivity index (χ1v) is 37.9. The molecular weight excluding hydrogens is 1370 g/mol. The summed E-state index contributed by atoms with van der Waals surface area (Å²) in [5, 5.41) is 39.6. The van der Waals surface area contributed by atoms with Gasteiger partial charge in [-0.1, -0.05) is 200 Å². The van der Waals surface area contributed by atoms with Crippen molar-refractivity contribution >= 4 is 174 Å². The summed E-state index contributed by atoms with van der Waals surface area (Å²) in [7, 11) is 6.55. The van der Waals surface area contributed by atoms with Crippen molar-refractivity contribution in [1.82, 2.24) is 46.5 Å². The Kier molecular flexibility index (Phi) is 12.7. The fraction of sp³-hybridized carbons (Fsp3) is 0.0400. The molecule has 12 heteroatoms. The highest BCUT2D eigenvalue weighted by Gasteiger charge is 2.29. The summed E-state index contributed by atoms with van der Waals surface area (Å²) in [6, 6.07) is 112. The standard InChI is InChI=1S/C100H62N12/c1-105-79-34-12-9-31-73(79)93-86(105)47-45-68-64-27-5-14-36-81(64)109(95(68)93)88-55-103-90(51-76(88)60-23-18-21-58(49-60)53-101)111-83-38-16-7-28-65(83)69-46-48-87-94(96(69)111)74-32-10-13-35-80(74)108(87)57-62-25-20-40-85-92(62)75-44-43-72-67-30-8-17-39-84(67)112(100(72)98(75)107(85)3)91-52-77(61-24-19-22-59(50-61)54-102)89(56-104-91)110-82-37-15-6-29-66(82)71-42-41-70-63-26-4-11-33-78(63)106(2)97(70)99(71)110/h4-52,55-56H,57H2,1-3H3. The maximum Gasteiger partial charge on any atom is 0.138 e. The van der Waals surface area contributed by atoms with Gasteiger partial charge in [0.25, 0.3) is 0 Å². The summed E-state index contributed by atoms with van der Waals surface area (Å²) in [5.41, 5.74) is 25.5. The summed E-state index contributed by atoms with van der Waals surface area (Å²) in [4.78, 5) is 11.3. The maximum atomic E-state index is 10.6. The van der Waals surface area contributed by atoms with Gasteiger partial charge >= 0.3 is 0 Å². The first-order chi connectivity index (χ1) is 55.3. The molecule has 0 N–H and O–H groups in total. The minimum absolute atomic E-state index is 0.574. The van der Waals surface area contributed by atoms with Crippen molar-refractivity contribution in [3.05, 3.63) is 326 Å². The second-order valence-corrected chi connectivity index (χ2v) is 30.0. The van der Waals surface area contributed by atoms with E-state index in [2.05, 4.69) is 343 Å². The number of benzene rings is 14. The van der Waals surface area contributed by atoms with Gasteiger partial charge in [-0.2, -0.15) is 10.5 Å². The van der Waals surface area contributed by atoms with E-state index in [0.717, 1.165) is 193 Å². The molecule has 0 aliphatic heterocycles. The van der Waals surface area contributed by atoms with Gasteiger partial charge in [0, 0.05) is 147 Å². The number of fused-ring (bicyclic) bond motifs is 28. The molecule has 24 aromatic rings. The molecule has 0 bridgehead atoms. The van der Waals surface area contributed by atoms with Crippen LogP contribution in [0.15, 0.2) is 310 Å². The molecule has 0 saturated heterocycles. The molecule has 0 amide bonds. The van der Waals surface area contributed by atoms with Gasteiger partial charge in [-0.25, -0.2) is 9.97 Å². The van der Waals surface area contributed by atoms with Crippen molar-refractivity contribution in [3.63, 3.8) is 0 Å². The summed E-state index contributed by atoms with van der Waals surface area (Å²) in [6.07, 6.45) is 4.13. The second-order valence-electron chi connectivity index (χ2n) is 30.0. The highest BCUT2D eigenvalue weighted by atomic mass is 15.1. The number of pyridine rings is 2. The van der Waals surface area contributed by atoms with E-state index in [1.165, 1.54) is 32.5 Å². The molecule has 10 heterocycles. The Morgan fingerprint density at radius 1 is 0.268 bits per heavy atom. The number of nitrogens with zero attached hydrogens (tertiary/aromatic N) is 12. The van der Waals surface area contributed by atoms with Crippen molar-refractivity contribution in [2.45, 2.75) is 6.54 Å². The average Bonchev–Trinajstić information content (AvgIpc) is 1.55. The lowest BCUT2D eigenvalue weighted by molar-refractivity contribution is 0.876. The predicted molar refractivity (Wildman–Crippen MR) is 460 cm³/mol. The molecule has 0 saturated carbocycles. The number of aromatic nitrogens is 10. The molecular formula is C100H62N12. The molecule has 24 rings (SSSR count). The smallest absolute Gasteiger partial charge is 0.138 e. The van der Waals surface area contributed by atoms with Gasteiger partial charge in [-0.05, 0) is 114 Å². The fourth-order valence-corrected chi connectivity index (χ4v) is 19.8. The lowest BCUT2D eigenvalue weighted by Gasteiger charge is -2.17. The Bertz CT molecular complexity index is 8440. The van der Waals surface area contributed by atoms with Gasteiger partial charge < -0.3 is 27.4 Å². The zero-order valence-electron chi connectivity index (χ0n) is 61.0. The van der Waals surface area contributed by atoms with Gasteiger partial charge in [0.2, 0.25) is 0 Å². The van der Waals surface area contributed by atoms with Gasteiger partial charge in [-0.15, -0.1) is 0 Å². The Labute approximate surface area is 639 Å². The van der Waals surface area contributed by atoms with Crippen LogP contribution in [-0.4, -0.2) is 46.5 Å². The summed E-state index contributed by atoms with van der Waals surface area (Å²) in [6.45, 7) is 0.574. The summed E-state index contributed by atoms with van der Waals surface area (Å²) in [5.74, 6) is 1.52. The van der Waals surface area contributed by atoms with Crippen LogP contribution in [0.25, 0.3) is 220 Å². The lowest BCUT2D eigenvalue weighted by atomic mass is 10.0. The number of para-hydroxylation sites is 7. The van der Waals surface area contributed by atoms with Crippen LogP contribution in [0.1, 0.15) is 16.7 Å². The quantitative estimate of drug-likeness (QED) is 0.151. The van der Waals surface area contributed by atoms with E-state index >= 15 is 0 Å². The molecule has 14 aromatic carbocycles. The normalized spacial score (nSPS) is 12.3. The fourth-order valence-electron chi connectivity index (χ4n) is 19.8. The van der Waals surface area contributed by atoms with Gasteiger partial charge in [-0.3, -0.25) is 9.13 Å². The van der Waals surface area contributed by atoms with E-state index < -0.39 is 0 Å². The van der Waals surface area contributed by atoms with Crippen LogP contribution in [0.3, 0.4) is 0 Å². The SMILES string of the molecule is Cn1c2ccccc2c2c1ccc1c3ccccc3n(-c3cnc(-n4c5ccccc5c5ccc6c(c7ccccc7n6Cc6cccc7c6c6ccc8c9ccccc9n(-c9cc(-c%10cccc(C#N)c%10)c(-n%10c%11ccccc%11c%11ccc%12c%13ccccc%13n(C)c%12c%11%10)cn9)c8c6n7C)c54)cc3-c3cccc(C#N)c3)c12. The first-order valence-electron chi connectivity index (χ1n) is 37.9. The Balaban J connectivity index is 0.712. The van der Waals surface area contributed by atoms with Crippen LogP contribution >= 0.6 is 0 Å². The number of rotatable bonds is 8. The third-order valence-corrected chi connectivity index (χ3v) is 24.5. The molecule has 112 heavy (non-hydrogen) atoms. The molecule has 0 unspecified atom stereocenters. The number of hydrogen-bond acceptors (Lipinski definition) is 4. The third-order valence-electron chi connectivity index (χ3n) is 24.5. The second kappa shape index (κ2) is 22.9. The number of nitriles is 2. The number of hydrogen-bond donors (Lipinski definition) is 0. The Morgan fingerprint density at radius 3 is 1.18 bits per heavy atom. The van der Waals surface area contributed by atoms with Crippen molar-refractivity contribution in [3.8, 4) is 57.4 Å². The molecule has 0 aliphatic carbocycles. The molecule has 0 spiro atoms. The summed E-state index contributed by atoms with van der Waals surface area (Å²) < 4.78 is 19.2. The monoisotopic (exact) mass is 1430 g/mol. The highest BCUT2D eigenvalue weighted by Crippen LogP contribution is 2.49. The van der Waals surface area contributed by atoms with Crippen molar-refractivity contribution in [1.29, 1.82) is 10.5 Å². The van der Waals surface area contributed by atoms with E-state index in [4.69, 9.17) is 9.97 Å². The van der Waals surface area contributed by atoms with Gasteiger partial charge in [0.15, 0.2) is 0 Å². The predicted octanol–water partition coefficient (Wildman–Crippen LogP) is 24.0. The average molecular weight is 1430 g/mol. The van der Waals surface area contributed by atoms with E-state index in [1.807, 2.05) is 36.4 Å². The molecule has 0 radical (unpaired) electrons. The zero-order chi connectivity index (χ0) is 74.0. The van der Waals surface area contributed by atoms with E-state index in [0.29, 0.717) is 17.7 Å². The molecule has 0 aliphatic rings. The minimum atomic E-state index is 0.574. The van der Waals surface area contributed by atoms with Gasteiger partial charge in [0.1, 0.15) is 11.6 Å². The van der Waals surface area contributed by atoms with E-state index in [1.54, 1.807) is 0 Å². The van der Waals surface area contributed by atoms with Crippen LogP contribution in [-0.2, 0) is 27.7 Å². The minimum Gasteiger partial charge on any atom is -0.344 e. The third kappa shape index (κ3) is 8.25. The first kappa shape index (κ1) is 61.9. The van der Waals surface area contributed by atoms with Crippen molar-refractivity contribution < 1.29 is 0 Å². The highest BCUT2D eigenvalue weighted by molar-refractivity contribution is 6.29. The Morgan fingerprint density at radius 2 is 0.625 bits per heavy atom. The molecule has 0 atom stereocenters. The van der Waals surface area contributed by atoms with Crippen LogP contribution < -0.4 is 0 Å². The van der Waals surface area contributed by atoms with Crippen LogP contribution in [0.2, 0.25) is 0 Å². The molecule has 12 nitrogen and oxygen atoms in total. The van der Waals surface area contributed by atoms with E-state index in [9.17, 15) is 10.5 Å². The van der Waals surface area contributed by atoms with Gasteiger partial charge in [0.05, 0.1) is 113 Å². The van der Waals surface area contributed by atoms with Crippen LogP contribution in [0, 0.1) is 22.7 Å². The molecule has 0 fully saturated rings. The van der Waals surface area contributed by atoms with Crippen LogP contribution in [0.5, 0.6) is 0 Å². The summed E-state index contributed by atoms with van der Waals surface area (Å²) >= 11 is 0. The van der Waals surface area contributed by atoms with E-state index in [-0.39, 0.29) is 0 Å². The maximum absolute atomic E-state index is 10.6. The molecule has 522 valence electrons. The largest absolute Gasteiger partial charge is 0.344 e.